The number of carbonyl (C=O) groups excluding carboxylic acids is 2. The van der Waals surface area contributed by atoms with Gasteiger partial charge in [-0.05, 0) is 30.6 Å². The molecule has 0 unspecified atom stereocenters. The highest BCUT2D eigenvalue weighted by Crippen LogP contribution is 2.41. The van der Waals surface area contributed by atoms with Gasteiger partial charge in [-0.15, -0.1) is 0 Å². The summed E-state index contributed by atoms with van der Waals surface area (Å²) in [6.45, 7) is 0.407. The number of imide groups is 1. The van der Waals surface area contributed by atoms with Crippen molar-refractivity contribution in [1.82, 2.24) is 10.2 Å². The first kappa shape index (κ1) is 20.2. The second-order valence-electron chi connectivity index (χ2n) is 8.71. The molecule has 3 rings (SSSR count). The minimum atomic E-state index is -0.989. The monoisotopic (exact) mass is 378 g/mol. The third-order valence-corrected chi connectivity index (χ3v) is 6.98. The highest BCUT2D eigenvalue weighted by molar-refractivity contribution is 5.96. The van der Waals surface area contributed by atoms with E-state index in [2.05, 4.69) is 5.32 Å². The van der Waals surface area contributed by atoms with Crippen molar-refractivity contribution < 1.29 is 19.5 Å². The molecule has 2 saturated carbocycles. The molecule has 0 aromatic rings. The summed E-state index contributed by atoms with van der Waals surface area (Å²) < 4.78 is 0. The molecule has 0 spiro atoms. The molecule has 0 radical (unpaired) electrons. The first-order valence-corrected chi connectivity index (χ1v) is 10.9. The average Bonchev–Trinajstić information content (AvgIpc) is 3.18. The van der Waals surface area contributed by atoms with Crippen molar-refractivity contribution in [3.05, 3.63) is 0 Å². The maximum absolute atomic E-state index is 12.7. The lowest BCUT2D eigenvalue weighted by Gasteiger charge is -2.37. The Kier molecular flexibility index (Phi) is 7.13. The molecule has 0 aromatic carbocycles. The van der Waals surface area contributed by atoms with Gasteiger partial charge in [0.05, 0.1) is 0 Å². The SMILES string of the molecule is O=C(CC(C1CCCCC1)C1CCCCC1)NC(=O)N1CCC[C@H]1C(=O)O. The zero-order valence-corrected chi connectivity index (χ0v) is 16.3. The summed E-state index contributed by atoms with van der Waals surface area (Å²) in [5, 5.41) is 11.7. The van der Waals surface area contributed by atoms with E-state index in [9.17, 15) is 19.5 Å². The van der Waals surface area contributed by atoms with Gasteiger partial charge in [0.15, 0.2) is 0 Å². The molecular weight excluding hydrogens is 344 g/mol. The number of carbonyl (C=O) groups is 3. The summed E-state index contributed by atoms with van der Waals surface area (Å²) in [5.41, 5.74) is 0. The molecule has 1 atom stereocenters. The summed E-state index contributed by atoms with van der Waals surface area (Å²) in [4.78, 5) is 37.7. The molecular formula is C21H34N2O4. The number of rotatable bonds is 5. The molecule has 27 heavy (non-hydrogen) atoms. The summed E-state index contributed by atoms with van der Waals surface area (Å²) in [7, 11) is 0. The number of aliphatic carboxylic acids is 1. The van der Waals surface area contributed by atoms with Crippen LogP contribution in [0.4, 0.5) is 4.79 Å². The number of urea groups is 1. The zero-order chi connectivity index (χ0) is 19.2. The molecule has 152 valence electrons. The fourth-order valence-electron chi connectivity index (χ4n) is 5.57. The van der Waals surface area contributed by atoms with Crippen molar-refractivity contribution in [2.24, 2.45) is 17.8 Å². The van der Waals surface area contributed by atoms with Crippen LogP contribution in [0.25, 0.3) is 0 Å². The molecule has 0 bridgehead atoms. The van der Waals surface area contributed by atoms with E-state index in [1.807, 2.05) is 0 Å². The van der Waals surface area contributed by atoms with E-state index in [1.165, 1.54) is 69.1 Å². The maximum atomic E-state index is 12.7. The minimum absolute atomic E-state index is 0.225. The predicted molar refractivity (Wildman–Crippen MR) is 102 cm³/mol. The average molecular weight is 379 g/mol. The van der Waals surface area contributed by atoms with Gasteiger partial charge >= 0.3 is 12.0 Å². The topological polar surface area (TPSA) is 86.7 Å². The molecule has 3 amide bonds. The number of hydrogen-bond donors (Lipinski definition) is 2. The number of carboxylic acid groups (broad SMARTS) is 1. The standard InChI is InChI=1S/C21H34N2O4/c24-19(22-21(27)23-13-7-12-18(23)20(25)26)14-17(15-8-3-1-4-9-15)16-10-5-2-6-11-16/h15-18H,1-14H2,(H,25,26)(H,22,24,27)/t18-/m0/s1. The van der Waals surface area contributed by atoms with Gasteiger partial charge in [0, 0.05) is 13.0 Å². The highest BCUT2D eigenvalue weighted by atomic mass is 16.4. The van der Waals surface area contributed by atoms with E-state index in [0.717, 1.165) is 0 Å². The van der Waals surface area contributed by atoms with Crippen molar-refractivity contribution >= 4 is 17.9 Å². The van der Waals surface area contributed by atoms with Gasteiger partial charge in [0.1, 0.15) is 6.04 Å². The summed E-state index contributed by atoms with van der Waals surface area (Å²) in [5.74, 6) is 0.351. The normalized spacial score (nSPS) is 24.9. The Balaban J connectivity index is 1.59. The van der Waals surface area contributed by atoms with E-state index in [4.69, 9.17) is 0 Å². The Hall–Kier alpha value is -1.59. The molecule has 1 heterocycles. The van der Waals surface area contributed by atoms with Crippen LogP contribution in [-0.2, 0) is 9.59 Å². The molecule has 2 N–H and O–H groups in total. The quantitative estimate of drug-likeness (QED) is 0.759. The number of nitrogens with zero attached hydrogens (tertiary/aromatic N) is 1. The zero-order valence-electron chi connectivity index (χ0n) is 16.3. The van der Waals surface area contributed by atoms with Crippen LogP contribution in [-0.4, -0.2) is 40.5 Å². The second kappa shape index (κ2) is 9.56. The first-order chi connectivity index (χ1) is 13.1. The summed E-state index contributed by atoms with van der Waals surface area (Å²) >= 11 is 0. The van der Waals surface area contributed by atoms with Crippen LogP contribution < -0.4 is 5.32 Å². The Labute approximate surface area is 162 Å². The van der Waals surface area contributed by atoms with E-state index >= 15 is 0 Å². The summed E-state index contributed by atoms with van der Waals surface area (Å²) in [6.07, 6.45) is 14.0. The van der Waals surface area contributed by atoms with Crippen molar-refractivity contribution in [3.8, 4) is 0 Å². The van der Waals surface area contributed by atoms with Crippen molar-refractivity contribution in [2.45, 2.75) is 89.5 Å². The Morgan fingerprint density at radius 3 is 1.93 bits per heavy atom. The van der Waals surface area contributed by atoms with Gasteiger partial charge in [0.25, 0.3) is 0 Å². The highest BCUT2D eigenvalue weighted by Gasteiger charge is 2.36. The lowest BCUT2D eigenvalue weighted by molar-refractivity contribution is -0.141. The smallest absolute Gasteiger partial charge is 0.326 e. The van der Waals surface area contributed by atoms with E-state index in [1.54, 1.807) is 0 Å². The summed E-state index contributed by atoms with van der Waals surface area (Å²) in [6, 6.07) is -1.33. The van der Waals surface area contributed by atoms with E-state index in [0.29, 0.717) is 43.6 Å². The number of carboxylic acids is 1. The van der Waals surface area contributed by atoms with E-state index in [-0.39, 0.29) is 5.91 Å². The predicted octanol–water partition coefficient (Wildman–Crippen LogP) is 3.94. The fraction of sp³-hybridized carbons (Fsp3) is 0.857. The molecule has 3 fully saturated rings. The maximum Gasteiger partial charge on any atom is 0.326 e. The van der Waals surface area contributed by atoms with Gasteiger partial charge in [-0.1, -0.05) is 64.2 Å². The third kappa shape index (κ3) is 5.23. The fourth-order valence-corrected chi connectivity index (χ4v) is 5.57. The number of hydrogen-bond acceptors (Lipinski definition) is 3. The Bertz CT molecular complexity index is 520. The largest absolute Gasteiger partial charge is 0.480 e. The molecule has 3 aliphatic rings. The van der Waals surface area contributed by atoms with Crippen LogP contribution >= 0.6 is 0 Å². The molecule has 2 aliphatic carbocycles. The van der Waals surface area contributed by atoms with Gasteiger partial charge in [-0.2, -0.15) is 0 Å². The Morgan fingerprint density at radius 1 is 0.852 bits per heavy atom. The molecule has 0 aromatic heterocycles. The van der Waals surface area contributed by atoms with Crippen LogP contribution in [0, 0.1) is 17.8 Å². The van der Waals surface area contributed by atoms with Crippen LogP contribution in [0.1, 0.15) is 83.5 Å². The van der Waals surface area contributed by atoms with Gasteiger partial charge in [0.2, 0.25) is 5.91 Å². The minimum Gasteiger partial charge on any atom is -0.480 e. The van der Waals surface area contributed by atoms with Crippen LogP contribution in [0.3, 0.4) is 0 Å². The van der Waals surface area contributed by atoms with Crippen molar-refractivity contribution in [2.75, 3.05) is 6.54 Å². The van der Waals surface area contributed by atoms with Crippen LogP contribution in [0.5, 0.6) is 0 Å². The number of likely N-dealkylation sites (tertiary alicyclic amines) is 1. The molecule has 1 aliphatic heterocycles. The number of nitrogens with one attached hydrogen (secondary N) is 1. The third-order valence-electron chi connectivity index (χ3n) is 6.98. The van der Waals surface area contributed by atoms with Crippen molar-refractivity contribution in [1.29, 1.82) is 0 Å². The van der Waals surface area contributed by atoms with Crippen molar-refractivity contribution in [3.63, 3.8) is 0 Å². The van der Waals surface area contributed by atoms with E-state index < -0.39 is 18.0 Å². The van der Waals surface area contributed by atoms with Crippen LogP contribution in [0.15, 0.2) is 0 Å². The molecule has 6 nitrogen and oxygen atoms in total. The lowest BCUT2D eigenvalue weighted by Crippen LogP contribution is -2.48. The molecule has 6 heteroatoms. The number of amides is 3. The lowest BCUT2D eigenvalue weighted by atomic mass is 9.68. The van der Waals surface area contributed by atoms with Gasteiger partial charge in [-0.3, -0.25) is 10.1 Å². The second-order valence-corrected chi connectivity index (χ2v) is 8.71. The van der Waals surface area contributed by atoms with Crippen LogP contribution in [0.2, 0.25) is 0 Å². The van der Waals surface area contributed by atoms with Gasteiger partial charge in [-0.25, -0.2) is 9.59 Å². The Morgan fingerprint density at radius 2 is 1.41 bits per heavy atom. The molecule has 1 saturated heterocycles. The van der Waals surface area contributed by atoms with Gasteiger partial charge < -0.3 is 10.0 Å². The first-order valence-electron chi connectivity index (χ1n) is 10.9.